The number of carboxylic acid groups (broad SMARTS) is 1. The van der Waals surface area contributed by atoms with Crippen LogP contribution in [0.5, 0.6) is 0 Å². The van der Waals surface area contributed by atoms with E-state index in [0.29, 0.717) is 5.69 Å². The average molecular weight is 322 g/mol. The van der Waals surface area contributed by atoms with E-state index in [1.54, 1.807) is 6.07 Å². The van der Waals surface area contributed by atoms with Crippen LogP contribution in [-0.4, -0.2) is 28.0 Å². The molecule has 0 saturated carbocycles. The Labute approximate surface area is 139 Å². The highest BCUT2D eigenvalue weighted by Crippen LogP contribution is 2.17. The van der Waals surface area contributed by atoms with Crippen molar-refractivity contribution in [2.45, 2.75) is 19.4 Å². The Bertz CT molecular complexity index is 884. The Morgan fingerprint density at radius 2 is 1.88 bits per heavy atom. The van der Waals surface area contributed by atoms with Gasteiger partial charge >= 0.3 is 5.97 Å². The first-order chi connectivity index (χ1) is 11.5. The van der Waals surface area contributed by atoms with E-state index in [9.17, 15) is 14.7 Å². The van der Waals surface area contributed by atoms with Gasteiger partial charge in [0.15, 0.2) is 0 Å². The Balaban J connectivity index is 1.78. The zero-order chi connectivity index (χ0) is 17.1. The fourth-order valence-corrected chi connectivity index (χ4v) is 2.66. The van der Waals surface area contributed by atoms with Crippen molar-refractivity contribution in [3.8, 4) is 0 Å². The lowest BCUT2D eigenvalue weighted by molar-refractivity contribution is -0.139. The van der Waals surface area contributed by atoms with Gasteiger partial charge in [-0.1, -0.05) is 42.0 Å². The van der Waals surface area contributed by atoms with E-state index in [2.05, 4.69) is 10.3 Å². The van der Waals surface area contributed by atoms with Gasteiger partial charge in [0.2, 0.25) is 0 Å². The van der Waals surface area contributed by atoms with E-state index in [1.165, 1.54) is 0 Å². The number of aliphatic carboxylic acids is 1. The van der Waals surface area contributed by atoms with Crippen molar-refractivity contribution in [3.63, 3.8) is 0 Å². The van der Waals surface area contributed by atoms with Crippen molar-refractivity contribution in [1.29, 1.82) is 0 Å². The lowest BCUT2D eigenvalue weighted by Gasteiger charge is -2.14. The van der Waals surface area contributed by atoms with Crippen molar-refractivity contribution in [1.82, 2.24) is 10.3 Å². The standard InChI is InChI=1S/C19H18N2O3/c1-12-7-8-15-14(9-12)11-16(20-15)18(22)21-17(19(23)24)10-13-5-3-2-4-6-13/h2-9,11,17,20H,10H2,1H3,(H,21,22)(H,23,24)/t17-/m0/s1. The summed E-state index contributed by atoms with van der Waals surface area (Å²) in [6.07, 6.45) is 0.237. The van der Waals surface area contributed by atoms with E-state index in [0.717, 1.165) is 22.0 Å². The summed E-state index contributed by atoms with van der Waals surface area (Å²) in [6.45, 7) is 1.98. The molecule has 0 bridgehead atoms. The smallest absolute Gasteiger partial charge is 0.326 e. The van der Waals surface area contributed by atoms with Crippen LogP contribution >= 0.6 is 0 Å². The van der Waals surface area contributed by atoms with Crippen LogP contribution < -0.4 is 5.32 Å². The van der Waals surface area contributed by atoms with Crippen molar-refractivity contribution in [2.24, 2.45) is 0 Å². The molecule has 5 nitrogen and oxygen atoms in total. The van der Waals surface area contributed by atoms with Crippen molar-refractivity contribution < 1.29 is 14.7 Å². The summed E-state index contributed by atoms with van der Waals surface area (Å²) < 4.78 is 0. The van der Waals surface area contributed by atoms with Crippen molar-refractivity contribution >= 4 is 22.8 Å². The number of hydrogen-bond acceptors (Lipinski definition) is 2. The molecule has 0 aliphatic rings. The van der Waals surface area contributed by atoms with Gasteiger partial charge in [-0.25, -0.2) is 4.79 Å². The third-order valence-electron chi connectivity index (χ3n) is 3.91. The second kappa shape index (κ2) is 6.58. The lowest BCUT2D eigenvalue weighted by Crippen LogP contribution is -2.42. The molecule has 122 valence electrons. The first kappa shape index (κ1) is 15.8. The van der Waals surface area contributed by atoms with Gasteiger partial charge in [0.1, 0.15) is 11.7 Å². The van der Waals surface area contributed by atoms with Gasteiger partial charge in [-0.3, -0.25) is 4.79 Å². The number of rotatable bonds is 5. The van der Waals surface area contributed by atoms with Gasteiger partial charge in [0, 0.05) is 17.3 Å². The molecule has 0 saturated heterocycles. The molecule has 1 atom stereocenters. The molecular weight excluding hydrogens is 304 g/mol. The number of nitrogens with one attached hydrogen (secondary N) is 2. The van der Waals surface area contributed by atoms with Crippen LogP contribution in [0, 0.1) is 6.92 Å². The van der Waals surface area contributed by atoms with Crippen LogP contribution in [0.4, 0.5) is 0 Å². The molecule has 1 heterocycles. The van der Waals surface area contributed by atoms with Gasteiger partial charge in [-0.15, -0.1) is 0 Å². The second-order valence-corrected chi connectivity index (χ2v) is 5.83. The van der Waals surface area contributed by atoms with Gasteiger partial charge in [-0.2, -0.15) is 0 Å². The summed E-state index contributed by atoms with van der Waals surface area (Å²) in [7, 11) is 0. The molecule has 24 heavy (non-hydrogen) atoms. The number of aryl methyl sites for hydroxylation is 1. The van der Waals surface area contributed by atoms with E-state index >= 15 is 0 Å². The molecule has 0 radical (unpaired) electrons. The molecule has 5 heteroatoms. The number of carbonyl (C=O) groups is 2. The van der Waals surface area contributed by atoms with E-state index in [1.807, 2.05) is 55.5 Å². The summed E-state index contributed by atoms with van der Waals surface area (Å²) in [4.78, 5) is 26.9. The third-order valence-corrected chi connectivity index (χ3v) is 3.91. The predicted octanol–water partition coefficient (Wildman–Crippen LogP) is 2.90. The summed E-state index contributed by atoms with van der Waals surface area (Å²) in [5.41, 5.74) is 3.16. The van der Waals surface area contributed by atoms with Crippen LogP contribution in [0.1, 0.15) is 21.6 Å². The molecule has 0 aliphatic carbocycles. The number of H-pyrrole nitrogens is 1. The zero-order valence-electron chi connectivity index (χ0n) is 13.2. The van der Waals surface area contributed by atoms with E-state index < -0.39 is 17.9 Å². The molecule has 2 aromatic carbocycles. The molecule has 0 unspecified atom stereocenters. The molecule has 0 aliphatic heterocycles. The van der Waals surface area contributed by atoms with E-state index in [4.69, 9.17) is 0 Å². The number of aromatic amines is 1. The van der Waals surface area contributed by atoms with Crippen LogP contribution in [0.25, 0.3) is 10.9 Å². The molecule has 1 aromatic heterocycles. The molecule has 3 rings (SSSR count). The number of carboxylic acids is 1. The molecular formula is C19H18N2O3. The number of carbonyl (C=O) groups excluding carboxylic acids is 1. The SMILES string of the molecule is Cc1ccc2[nH]c(C(=O)N[C@@H](Cc3ccccc3)C(=O)O)cc2c1. The lowest BCUT2D eigenvalue weighted by atomic mass is 10.1. The number of aromatic nitrogens is 1. The topological polar surface area (TPSA) is 82.2 Å². The Hall–Kier alpha value is -3.08. The van der Waals surface area contributed by atoms with Crippen molar-refractivity contribution in [3.05, 3.63) is 71.4 Å². The maximum absolute atomic E-state index is 12.4. The molecule has 0 spiro atoms. The van der Waals surface area contributed by atoms with Gasteiger partial charge < -0.3 is 15.4 Å². The fourth-order valence-electron chi connectivity index (χ4n) is 2.66. The minimum absolute atomic E-state index is 0.237. The highest BCUT2D eigenvalue weighted by Gasteiger charge is 2.22. The third kappa shape index (κ3) is 3.46. The van der Waals surface area contributed by atoms with Crippen LogP contribution in [0.15, 0.2) is 54.6 Å². The largest absolute Gasteiger partial charge is 0.480 e. The molecule has 3 N–H and O–H groups in total. The van der Waals surface area contributed by atoms with Gasteiger partial charge in [-0.05, 0) is 30.7 Å². The quantitative estimate of drug-likeness (QED) is 0.675. The van der Waals surface area contributed by atoms with E-state index in [-0.39, 0.29) is 6.42 Å². The van der Waals surface area contributed by atoms with Crippen LogP contribution in [0.3, 0.4) is 0 Å². The number of benzene rings is 2. The predicted molar refractivity (Wildman–Crippen MR) is 92.1 cm³/mol. The summed E-state index contributed by atoms with van der Waals surface area (Å²) in [6, 6.07) is 15.8. The van der Waals surface area contributed by atoms with Gasteiger partial charge in [0.05, 0.1) is 0 Å². The Morgan fingerprint density at radius 1 is 1.12 bits per heavy atom. The molecule has 1 amide bonds. The van der Waals surface area contributed by atoms with Gasteiger partial charge in [0.25, 0.3) is 5.91 Å². The monoisotopic (exact) mass is 322 g/mol. The Morgan fingerprint density at radius 3 is 2.58 bits per heavy atom. The normalized spacial score (nSPS) is 12.0. The first-order valence-electron chi connectivity index (χ1n) is 7.70. The average Bonchev–Trinajstić information content (AvgIpc) is 2.98. The second-order valence-electron chi connectivity index (χ2n) is 5.83. The Kier molecular flexibility index (Phi) is 4.33. The van der Waals surface area contributed by atoms with Crippen LogP contribution in [-0.2, 0) is 11.2 Å². The minimum Gasteiger partial charge on any atom is -0.480 e. The number of fused-ring (bicyclic) bond motifs is 1. The summed E-state index contributed by atoms with van der Waals surface area (Å²) in [5.74, 6) is -1.48. The fraction of sp³-hybridized carbons (Fsp3) is 0.158. The highest BCUT2D eigenvalue weighted by molar-refractivity contribution is 5.99. The van der Waals surface area contributed by atoms with Crippen molar-refractivity contribution in [2.75, 3.05) is 0 Å². The number of amides is 1. The molecule has 0 fully saturated rings. The maximum atomic E-state index is 12.4. The summed E-state index contributed by atoms with van der Waals surface area (Å²) in [5, 5.41) is 12.9. The summed E-state index contributed by atoms with van der Waals surface area (Å²) >= 11 is 0. The maximum Gasteiger partial charge on any atom is 0.326 e. The first-order valence-corrected chi connectivity index (χ1v) is 7.70. The highest BCUT2D eigenvalue weighted by atomic mass is 16.4. The zero-order valence-corrected chi connectivity index (χ0v) is 13.2. The molecule has 3 aromatic rings. The van der Waals surface area contributed by atoms with Crippen LogP contribution in [0.2, 0.25) is 0 Å². The number of hydrogen-bond donors (Lipinski definition) is 3. The minimum atomic E-state index is -1.06.